The molecule has 11 nitrogen and oxygen atoms in total. The molecule has 2 aliphatic heterocycles. The van der Waals surface area contributed by atoms with Gasteiger partial charge in [0.15, 0.2) is 0 Å². The van der Waals surface area contributed by atoms with Crippen molar-refractivity contribution in [1.82, 2.24) is 23.7 Å². The Labute approximate surface area is 181 Å². The number of hydrogen-bond donors (Lipinski definition) is 1. The molecular formula is C19H27N5O6S. The highest BCUT2D eigenvalue weighted by Crippen LogP contribution is 2.30. The lowest BCUT2D eigenvalue weighted by Crippen LogP contribution is -2.55. The fourth-order valence-corrected chi connectivity index (χ4v) is 4.68. The van der Waals surface area contributed by atoms with Crippen molar-refractivity contribution in [2.45, 2.75) is 12.5 Å². The van der Waals surface area contributed by atoms with Gasteiger partial charge in [-0.1, -0.05) is 12.1 Å². The van der Waals surface area contributed by atoms with E-state index in [1.807, 2.05) is 0 Å². The van der Waals surface area contributed by atoms with Gasteiger partial charge < -0.3 is 15.0 Å². The first-order chi connectivity index (χ1) is 14.5. The summed E-state index contributed by atoms with van der Waals surface area (Å²) >= 11 is 0. The van der Waals surface area contributed by atoms with E-state index in [-0.39, 0.29) is 26.2 Å². The van der Waals surface area contributed by atoms with Gasteiger partial charge in [0, 0.05) is 40.3 Å². The molecule has 2 aliphatic rings. The largest absolute Gasteiger partial charge is 0.497 e. The molecule has 1 aromatic rings. The molecular weight excluding hydrogens is 426 g/mol. The summed E-state index contributed by atoms with van der Waals surface area (Å²) in [6.07, 6.45) is 0. The molecule has 4 amide bonds. The number of carbonyl (C=O) groups excluding carboxylic acids is 3. The van der Waals surface area contributed by atoms with E-state index >= 15 is 0 Å². The zero-order chi connectivity index (χ0) is 23.0. The summed E-state index contributed by atoms with van der Waals surface area (Å²) in [7, 11) is 0.878. The lowest BCUT2D eigenvalue weighted by atomic mass is 9.92. The van der Waals surface area contributed by atoms with Gasteiger partial charge in [-0.3, -0.25) is 14.5 Å². The summed E-state index contributed by atoms with van der Waals surface area (Å²) in [6, 6.07) is 6.11. The first-order valence-electron chi connectivity index (χ1n) is 9.74. The van der Waals surface area contributed by atoms with Crippen molar-refractivity contribution in [3.8, 4) is 5.75 Å². The Hall–Kier alpha value is -2.70. The molecule has 2 fully saturated rings. The van der Waals surface area contributed by atoms with E-state index in [4.69, 9.17) is 4.74 Å². The van der Waals surface area contributed by atoms with Crippen molar-refractivity contribution in [2.75, 3.05) is 53.9 Å². The number of ether oxygens (including phenoxy) is 1. The van der Waals surface area contributed by atoms with Gasteiger partial charge >= 0.3 is 6.03 Å². The third kappa shape index (κ3) is 4.23. The first kappa shape index (κ1) is 23.0. The van der Waals surface area contributed by atoms with Crippen molar-refractivity contribution in [3.63, 3.8) is 0 Å². The highest BCUT2D eigenvalue weighted by molar-refractivity contribution is 7.86. The second-order valence-corrected chi connectivity index (χ2v) is 9.89. The number of imide groups is 1. The molecule has 1 aromatic carbocycles. The molecule has 1 N–H and O–H groups in total. The quantitative estimate of drug-likeness (QED) is 0.575. The summed E-state index contributed by atoms with van der Waals surface area (Å²) in [5.74, 6) is -0.319. The van der Waals surface area contributed by atoms with Gasteiger partial charge in [-0.2, -0.15) is 17.0 Å². The van der Waals surface area contributed by atoms with Crippen LogP contribution in [0.3, 0.4) is 0 Å². The topological polar surface area (TPSA) is 120 Å². The van der Waals surface area contributed by atoms with Crippen LogP contribution in [0.2, 0.25) is 0 Å². The van der Waals surface area contributed by atoms with Crippen molar-refractivity contribution in [3.05, 3.63) is 29.8 Å². The van der Waals surface area contributed by atoms with Crippen LogP contribution in [-0.2, 0) is 25.3 Å². The van der Waals surface area contributed by atoms with E-state index in [0.717, 1.165) is 9.21 Å². The van der Waals surface area contributed by atoms with Crippen LogP contribution in [0.4, 0.5) is 4.79 Å². The smallest absolute Gasteiger partial charge is 0.325 e. The van der Waals surface area contributed by atoms with Gasteiger partial charge in [0.2, 0.25) is 5.91 Å². The normalized spacial score (nSPS) is 22.7. The average Bonchev–Trinajstić information content (AvgIpc) is 2.97. The number of benzene rings is 1. The molecule has 0 radical (unpaired) electrons. The van der Waals surface area contributed by atoms with Crippen LogP contribution in [0.5, 0.6) is 5.75 Å². The molecule has 170 valence electrons. The summed E-state index contributed by atoms with van der Waals surface area (Å²) in [5, 5.41) is 2.66. The molecule has 3 rings (SSSR count). The number of nitrogens with one attached hydrogen (secondary N) is 1. The third-order valence-electron chi connectivity index (χ3n) is 5.61. The molecule has 0 bridgehead atoms. The molecule has 1 unspecified atom stereocenters. The lowest BCUT2D eigenvalue weighted by molar-refractivity contribution is -0.139. The SMILES string of the molecule is COc1ccc(C2(C)NC(=O)N(CC(=O)N3CCN(S(=O)(=O)N(C)C)CC3)C2=O)cc1. The van der Waals surface area contributed by atoms with Crippen LogP contribution in [0, 0.1) is 0 Å². The van der Waals surface area contributed by atoms with Crippen molar-refractivity contribution in [2.24, 2.45) is 0 Å². The summed E-state index contributed by atoms with van der Waals surface area (Å²) in [4.78, 5) is 40.6. The lowest BCUT2D eigenvalue weighted by Gasteiger charge is -2.35. The number of methoxy groups -OCH3 is 1. The van der Waals surface area contributed by atoms with Crippen LogP contribution < -0.4 is 10.1 Å². The summed E-state index contributed by atoms with van der Waals surface area (Å²) in [6.45, 7) is 1.85. The Balaban J connectivity index is 1.65. The van der Waals surface area contributed by atoms with Crippen molar-refractivity contribution in [1.29, 1.82) is 0 Å². The molecule has 0 saturated carbocycles. The Morgan fingerprint density at radius 1 is 1.13 bits per heavy atom. The van der Waals surface area contributed by atoms with E-state index in [9.17, 15) is 22.8 Å². The van der Waals surface area contributed by atoms with Crippen LogP contribution >= 0.6 is 0 Å². The van der Waals surface area contributed by atoms with Gasteiger partial charge in [-0.25, -0.2) is 4.79 Å². The maximum absolute atomic E-state index is 13.0. The Morgan fingerprint density at radius 3 is 2.23 bits per heavy atom. The molecule has 2 saturated heterocycles. The van der Waals surface area contributed by atoms with Crippen molar-refractivity contribution < 1.29 is 27.5 Å². The van der Waals surface area contributed by atoms with E-state index in [1.54, 1.807) is 31.2 Å². The molecule has 2 heterocycles. The van der Waals surface area contributed by atoms with Crippen LogP contribution in [0.15, 0.2) is 24.3 Å². The Bertz CT molecular complexity index is 972. The van der Waals surface area contributed by atoms with Gasteiger partial charge in [0.1, 0.15) is 17.8 Å². The predicted octanol–water partition coefficient (Wildman–Crippen LogP) is -0.587. The third-order valence-corrected chi connectivity index (χ3v) is 7.56. The zero-order valence-electron chi connectivity index (χ0n) is 18.0. The van der Waals surface area contributed by atoms with Crippen LogP contribution in [0.1, 0.15) is 12.5 Å². The number of carbonyl (C=O) groups is 3. The van der Waals surface area contributed by atoms with Crippen LogP contribution in [-0.4, -0.2) is 98.6 Å². The number of amides is 4. The highest BCUT2D eigenvalue weighted by atomic mass is 32.2. The minimum Gasteiger partial charge on any atom is -0.497 e. The number of piperazine rings is 1. The second-order valence-electron chi connectivity index (χ2n) is 7.74. The van der Waals surface area contributed by atoms with E-state index in [2.05, 4.69) is 5.32 Å². The second kappa shape index (κ2) is 8.44. The van der Waals surface area contributed by atoms with Gasteiger partial charge in [0.25, 0.3) is 16.1 Å². The van der Waals surface area contributed by atoms with Gasteiger partial charge in [0.05, 0.1) is 7.11 Å². The molecule has 0 spiro atoms. The monoisotopic (exact) mass is 453 g/mol. The standard InChI is InChI=1S/C19H27N5O6S/c1-19(14-5-7-15(30-4)8-6-14)17(26)24(18(27)20-19)13-16(25)22-9-11-23(12-10-22)31(28,29)21(2)3/h5-8H,9-13H2,1-4H3,(H,20,27). The maximum Gasteiger partial charge on any atom is 0.325 e. The van der Waals surface area contributed by atoms with Crippen LogP contribution in [0.25, 0.3) is 0 Å². The zero-order valence-corrected chi connectivity index (χ0v) is 18.8. The van der Waals surface area contributed by atoms with Crippen molar-refractivity contribution >= 4 is 28.1 Å². The first-order valence-corrected chi connectivity index (χ1v) is 11.1. The van der Waals surface area contributed by atoms with E-state index < -0.39 is 40.1 Å². The van der Waals surface area contributed by atoms with Gasteiger partial charge in [-0.05, 0) is 24.6 Å². The summed E-state index contributed by atoms with van der Waals surface area (Å²) in [5.41, 5.74) is -0.716. The average molecular weight is 454 g/mol. The van der Waals surface area contributed by atoms with E-state index in [0.29, 0.717) is 11.3 Å². The number of nitrogens with zero attached hydrogens (tertiary/aromatic N) is 4. The summed E-state index contributed by atoms with van der Waals surface area (Å²) < 4.78 is 32.0. The fraction of sp³-hybridized carbons (Fsp3) is 0.526. The number of urea groups is 1. The fourth-order valence-electron chi connectivity index (χ4n) is 3.59. The minimum absolute atomic E-state index is 0.149. The molecule has 12 heteroatoms. The predicted molar refractivity (Wildman–Crippen MR) is 111 cm³/mol. The maximum atomic E-state index is 13.0. The number of rotatable bonds is 6. The molecule has 0 aromatic heterocycles. The highest BCUT2D eigenvalue weighted by Gasteiger charge is 2.49. The molecule has 31 heavy (non-hydrogen) atoms. The molecule has 0 aliphatic carbocycles. The Kier molecular flexibility index (Phi) is 6.25. The molecule has 1 atom stereocenters. The van der Waals surface area contributed by atoms with Gasteiger partial charge in [-0.15, -0.1) is 0 Å². The Morgan fingerprint density at radius 2 is 1.71 bits per heavy atom. The van der Waals surface area contributed by atoms with E-state index in [1.165, 1.54) is 30.4 Å². The number of hydrogen-bond acceptors (Lipinski definition) is 6. The minimum atomic E-state index is -3.55.